The molecule has 0 fully saturated rings. The summed E-state index contributed by atoms with van der Waals surface area (Å²) in [6, 6.07) is 12.3. The number of nitrogens with two attached hydrogens (primary N) is 1. The van der Waals surface area contributed by atoms with Crippen molar-refractivity contribution in [2.24, 2.45) is 0 Å². The molecule has 2 aromatic rings. The van der Waals surface area contributed by atoms with Crippen LogP contribution in [0, 0.1) is 6.92 Å². The number of aryl methyl sites for hydroxylation is 1. The zero-order valence-corrected chi connectivity index (χ0v) is 10.8. The number of rotatable bonds is 3. The highest BCUT2D eigenvalue weighted by molar-refractivity contribution is 5.89. The molecule has 98 valence electrons. The lowest BCUT2D eigenvalue weighted by molar-refractivity contribution is 0.0600. The summed E-state index contributed by atoms with van der Waals surface area (Å²) >= 11 is 0. The number of carbonyl (C=O) groups excluding carboxylic acids is 1. The van der Waals surface area contributed by atoms with Crippen LogP contribution in [-0.2, 0) is 4.74 Å². The number of carbonyl (C=O) groups is 1. The highest BCUT2D eigenvalue weighted by Crippen LogP contribution is 2.28. The third kappa shape index (κ3) is 3.04. The SMILES string of the molecule is COC(=O)c1ccc(Oc2ccc(C)cc2N)cc1. The Labute approximate surface area is 111 Å². The fourth-order valence-electron chi connectivity index (χ4n) is 1.66. The second kappa shape index (κ2) is 5.44. The molecule has 0 unspecified atom stereocenters. The van der Waals surface area contributed by atoms with E-state index in [0.29, 0.717) is 22.7 Å². The third-order valence-electron chi connectivity index (χ3n) is 2.67. The summed E-state index contributed by atoms with van der Waals surface area (Å²) in [6.45, 7) is 1.96. The van der Waals surface area contributed by atoms with Crippen molar-refractivity contribution in [1.29, 1.82) is 0 Å². The minimum Gasteiger partial charge on any atom is -0.465 e. The maximum Gasteiger partial charge on any atom is 0.337 e. The Morgan fingerprint density at radius 1 is 1.11 bits per heavy atom. The molecule has 0 aliphatic carbocycles. The van der Waals surface area contributed by atoms with Crippen LogP contribution in [0.15, 0.2) is 42.5 Å². The zero-order chi connectivity index (χ0) is 13.8. The summed E-state index contributed by atoms with van der Waals surface area (Å²) in [5, 5.41) is 0. The van der Waals surface area contributed by atoms with Gasteiger partial charge >= 0.3 is 5.97 Å². The molecule has 19 heavy (non-hydrogen) atoms. The van der Waals surface area contributed by atoms with Gasteiger partial charge in [0.05, 0.1) is 18.4 Å². The predicted octanol–water partition coefficient (Wildman–Crippen LogP) is 3.16. The molecule has 2 N–H and O–H groups in total. The number of methoxy groups -OCH3 is 1. The Morgan fingerprint density at radius 3 is 2.37 bits per heavy atom. The Hall–Kier alpha value is -2.49. The van der Waals surface area contributed by atoms with Crippen LogP contribution < -0.4 is 10.5 Å². The van der Waals surface area contributed by atoms with Crippen LogP contribution in [0.5, 0.6) is 11.5 Å². The van der Waals surface area contributed by atoms with E-state index in [1.165, 1.54) is 7.11 Å². The molecule has 0 atom stereocenters. The van der Waals surface area contributed by atoms with E-state index in [2.05, 4.69) is 4.74 Å². The van der Waals surface area contributed by atoms with E-state index in [-0.39, 0.29) is 5.97 Å². The van der Waals surface area contributed by atoms with Gasteiger partial charge in [0.2, 0.25) is 0 Å². The van der Waals surface area contributed by atoms with E-state index >= 15 is 0 Å². The van der Waals surface area contributed by atoms with Gasteiger partial charge in [0.1, 0.15) is 11.5 Å². The molecule has 0 bridgehead atoms. The average molecular weight is 257 g/mol. The molecule has 2 aromatic carbocycles. The molecule has 0 spiro atoms. The molecular weight excluding hydrogens is 242 g/mol. The van der Waals surface area contributed by atoms with Gasteiger partial charge in [-0.05, 0) is 48.9 Å². The van der Waals surface area contributed by atoms with Crippen LogP contribution in [0.25, 0.3) is 0 Å². The minimum atomic E-state index is -0.374. The second-order valence-electron chi connectivity index (χ2n) is 4.16. The second-order valence-corrected chi connectivity index (χ2v) is 4.16. The summed E-state index contributed by atoms with van der Waals surface area (Å²) in [5.74, 6) is 0.834. The third-order valence-corrected chi connectivity index (χ3v) is 2.67. The molecule has 4 heteroatoms. The number of anilines is 1. The Bertz CT molecular complexity index is 591. The Kier molecular flexibility index (Phi) is 3.71. The van der Waals surface area contributed by atoms with Crippen LogP contribution in [-0.4, -0.2) is 13.1 Å². The maximum absolute atomic E-state index is 11.3. The summed E-state index contributed by atoms with van der Waals surface area (Å²) in [5.41, 5.74) is 8.00. The maximum atomic E-state index is 11.3. The first-order chi connectivity index (χ1) is 9.10. The van der Waals surface area contributed by atoms with Crippen LogP contribution >= 0.6 is 0 Å². The lowest BCUT2D eigenvalue weighted by Crippen LogP contribution is -2.00. The van der Waals surface area contributed by atoms with Gasteiger partial charge in [-0.1, -0.05) is 6.07 Å². The van der Waals surface area contributed by atoms with E-state index in [1.54, 1.807) is 24.3 Å². The fraction of sp³-hybridized carbons (Fsp3) is 0.133. The number of hydrogen-bond donors (Lipinski definition) is 1. The number of ether oxygens (including phenoxy) is 2. The van der Waals surface area contributed by atoms with Crippen molar-refractivity contribution in [1.82, 2.24) is 0 Å². The predicted molar refractivity (Wildman–Crippen MR) is 73.4 cm³/mol. The largest absolute Gasteiger partial charge is 0.465 e. The highest BCUT2D eigenvalue weighted by Gasteiger charge is 2.06. The summed E-state index contributed by atoms with van der Waals surface area (Å²) in [6.07, 6.45) is 0. The highest BCUT2D eigenvalue weighted by atomic mass is 16.5. The van der Waals surface area contributed by atoms with Crippen molar-refractivity contribution >= 4 is 11.7 Å². The topological polar surface area (TPSA) is 61.5 Å². The van der Waals surface area contributed by atoms with E-state index < -0.39 is 0 Å². The molecule has 0 heterocycles. The van der Waals surface area contributed by atoms with E-state index in [0.717, 1.165) is 5.56 Å². The van der Waals surface area contributed by atoms with Crippen LogP contribution in [0.3, 0.4) is 0 Å². The van der Waals surface area contributed by atoms with E-state index in [4.69, 9.17) is 10.5 Å². The van der Waals surface area contributed by atoms with Gasteiger partial charge in [-0.2, -0.15) is 0 Å². The molecule has 0 saturated heterocycles. The summed E-state index contributed by atoms with van der Waals surface area (Å²) in [7, 11) is 1.35. The quantitative estimate of drug-likeness (QED) is 0.677. The van der Waals surface area contributed by atoms with Crippen LogP contribution in [0.2, 0.25) is 0 Å². The number of esters is 1. The van der Waals surface area contributed by atoms with Gasteiger partial charge in [-0.25, -0.2) is 4.79 Å². The monoisotopic (exact) mass is 257 g/mol. The molecular formula is C15H15NO3. The summed E-state index contributed by atoms with van der Waals surface area (Å²) in [4.78, 5) is 11.3. The number of hydrogen-bond acceptors (Lipinski definition) is 4. The smallest absolute Gasteiger partial charge is 0.337 e. The van der Waals surface area contributed by atoms with Crippen molar-refractivity contribution < 1.29 is 14.3 Å². The standard InChI is InChI=1S/C15H15NO3/c1-10-3-8-14(13(16)9-10)19-12-6-4-11(5-7-12)15(17)18-2/h3-9H,16H2,1-2H3. The minimum absolute atomic E-state index is 0.374. The summed E-state index contributed by atoms with van der Waals surface area (Å²) < 4.78 is 10.3. The van der Waals surface area contributed by atoms with Gasteiger partial charge in [0.15, 0.2) is 0 Å². The van der Waals surface area contributed by atoms with Gasteiger partial charge in [-0.3, -0.25) is 0 Å². The molecule has 0 radical (unpaired) electrons. The van der Waals surface area contributed by atoms with Crippen LogP contribution in [0.4, 0.5) is 5.69 Å². The Morgan fingerprint density at radius 2 is 1.79 bits per heavy atom. The van der Waals surface area contributed by atoms with Crippen molar-refractivity contribution in [2.75, 3.05) is 12.8 Å². The molecule has 0 aliphatic rings. The van der Waals surface area contributed by atoms with E-state index in [9.17, 15) is 4.79 Å². The molecule has 0 saturated carbocycles. The van der Waals surface area contributed by atoms with E-state index in [1.807, 2.05) is 25.1 Å². The molecule has 4 nitrogen and oxygen atoms in total. The first kappa shape index (κ1) is 13.0. The van der Waals surface area contributed by atoms with Crippen molar-refractivity contribution in [3.63, 3.8) is 0 Å². The molecule has 0 aromatic heterocycles. The first-order valence-electron chi connectivity index (χ1n) is 5.82. The van der Waals surface area contributed by atoms with Gasteiger partial charge in [0.25, 0.3) is 0 Å². The first-order valence-corrected chi connectivity index (χ1v) is 5.82. The normalized spacial score (nSPS) is 10.0. The lowest BCUT2D eigenvalue weighted by Gasteiger charge is -2.09. The van der Waals surface area contributed by atoms with Crippen molar-refractivity contribution in [3.8, 4) is 11.5 Å². The number of nitrogen functional groups attached to an aromatic ring is 1. The molecule has 0 amide bonds. The molecule has 2 rings (SSSR count). The fourth-order valence-corrected chi connectivity index (χ4v) is 1.66. The number of benzene rings is 2. The van der Waals surface area contributed by atoms with Gasteiger partial charge in [0, 0.05) is 0 Å². The lowest BCUT2D eigenvalue weighted by atomic mass is 10.2. The zero-order valence-electron chi connectivity index (χ0n) is 10.8. The van der Waals surface area contributed by atoms with Gasteiger partial charge < -0.3 is 15.2 Å². The van der Waals surface area contributed by atoms with Crippen LogP contribution in [0.1, 0.15) is 15.9 Å². The Balaban J connectivity index is 2.17. The van der Waals surface area contributed by atoms with Crippen molar-refractivity contribution in [2.45, 2.75) is 6.92 Å². The average Bonchev–Trinajstić information content (AvgIpc) is 2.42. The van der Waals surface area contributed by atoms with Crippen molar-refractivity contribution in [3.05, 3.63) is 53.6 Å². The van der Waals surface area contributed by atoms with Gasteiger partial charge in [-0.15, -0.1) is 0 Å². The molecule has 0 aliphatic heterocycles.